The fraction of sp³-hybridized carbons (Fsp3) is 0.500. The van der Waals surface area contributed by atoms with E-state index in [-0.39, 0.29) is 0 Å². The lowest BCUT2D eigenvalue weighted by Gasteiger charge is -2.21. The highest BCUT2D eigenvalue weighted by atomic mass is 16.4. The lowest BCUT2D eigenvalue weighted by molar-refractivity contribution is 0.0697. The molecule has 1 heterocycles. The summed E-state index contributed by atoms with van der Waals surface area (Å²) in [5.74, 6) is -0.280. The van der Waals surface area contributed by atoms with Crippen LogP contribution < -0.4 is 5.73 Å². The largest absolute Gasteiger partial charge is 0.478 e. The predicted molar refractivity (Wildman–Crippen MR) is 70.4 cm³/mol. The number of nitrogens with two attached hydrogens (primary N) is 1. The van der Waals surface area contributed by atoms with Crippen LogP contribution in [0, 0.1) is 5.92 Å². The molecular weight excluding hydrogens is 228 g/mol. The summed E-state index contributed by atoms with van der Waals surface area (Å²) in [4.78, 5) is 13.2. The molecule has 1 aliphatic heterocycles. The van der Waals surface area contributed by atoms with Crippen molar-refractivity contribution in [3.8, 4) is 0 Å². The average Bonchev–Trinajstić information content (AvgIpc) is 2.71. The molecule has 0 saturated carbocycles. The number of benzene rings is 1. The van der Waals surface area contributed by atoms with Gasteiger partial charge in [-0.05, 0) is 43.5 Å². The summed E-state index contributed by atoms with van der Waals surface area (Å²) in [6.07, 6.45) is 1.16. The van der Waals surface area contributed by atoms with Gasteiger partial charge in [-0.25, -0.2) is 4.79 Å². The zero-order chi connectivity index (χ0) is 13.1. The minimum absolute atomic E-state index is 0.341. The number of carboxylic acid groups (broad SMARTS) is 1. The van der Waals surface area contributed by atoms with Crippen molar-refractivity contribution in [1.29, 1.82) is 0 Å². The Morgan fingerprint density at radius 3 is 2.61 bits per heavy atom. The van der Waals surface area contributed by atoms with Crippen LogP contribution in [0.25, 0.3) is 0 Å². The third-order valence-corrected chi connectivity index (χ3v) is 3.71. The zero-order valence-corrected chi connectivity index (χ0v) is 10.7. The number of nitrogens with zero attached hydrogens (tertiary/aromatic N) is 1. The fourth-order valence-electron chi connectivity index (χ4n) is 2.60. The van der Waals surface area contributed by atoms with Gasteiger partial charge in [0.1, 0.15) is 0 Å². The van der Waals surface area contributed by atoms with Crippen LogP contribution in [0.15, 0.2) is 24.3 Å². The molecule has 0 aliphatic carbocycles. The maximum Gasteiger partial charge on any atom is 0.335 e. The maximum atomic E-state index is 10.8. The van der Waals surface area contributed by atoms with Crippen LogP contribution in [0.5, 0.6) is 0 Å². The highest BCUT2D eigenvalue weighted by Gasteiger charge is 2.27. The summed E-state index contributed by atoms with van der Waals surface area (Å²) >= 11 is 0. The normalized spacial score (nSPS) is 24.3. The molecule has 1 saturated heterocycles. The fourth-order valence-corrected chi connectivity index (χ4v) is 2.60. The minimum Gasteiger partial charge on any atom is -0.478 e. The number of rotatable bonds is 4. The molecule has 2 atom stereocenters. The van der Waals surface area contributed by atoms with Gasteiger partial charge in [-0.2, -0.15) is 0 Å². The van der Waals surface area contributed by atoms with Gasteiger partial charge in [0.2, 0.25) is 0 Å². The average molecular weight is 248 g/mol. The number of likely N-dealkylation sites (tertiary alicyclic amines) is 1. The van der Waals surface area contributed by atoms with Gasteiger partial charge < -0.3 is 10.8 Å². The molecule has 1 aromatic rings. The monoisotopic (exact) mass is 248 g/mol. The number of carboxylic acids is 1. The Labute approximate surface area is 107 Å². The molecule has 2 rings (SSSR count). The van der Waals surface area contributed by atoms with Gasteiger partial charge in [0.05, 0.1) is 5.56 Å². The molecule has 1 aliphatic rings. The summed E-state index contributed by atoms with van der Waals surface area (Å²) in [6.45, 7) is 4.88. The van der Waals surface area contributed by atoms with Gasteiger partial charge in [0.25, 0.3) is 0 Å². The van der Waals surface area contributed by atoms with E-state index in [4.69, 9.17) is 10.8 Å². The summed E-state index contributed by atoms with van der Waals surface area (Å²) in [6, 6.07) is 7.67. The second-order valence-corrected chi connectivity index (χ2v) is 5.12. The van der Waals surface area contributed by atoms with Crippen LogP contribution in [-0.2, 0) is 6.54 Å². The molecule has 0 aromatic heterocycles. The van der Waals surface area contributed by atoms with E-state index in [1.807, 2.05) is 12.1 Å². The van der Waals surface area contributed by atoms with Crippen LogP contribution in [0.3, 0.4) is 0 Å². The molecule has 3 N–H and O–H groups in total. The Balaban J connectivity index is 1.99. The summed E-state index contributed by atoms with van der Waals surface area (Å²) in [7, 11) is 0. The van der Waals surface area contributed by atoms with Gasteiger partial charge in [0.15, 0.2) is 0 Å². The molecule has 18 heavy (non-hydrogen) atoms. The molecule has 98 valence electrons. The third-order valence-electron chi connectivity index (χ3n) is 3.71. The van der Waals surface area contributed by atoms with E-state index in [1.54, 1.807) is 12.1 Å². The van der Waals surface area contributed by atoms with E-state index in [9.17, 15) is 4.79 Å². The summed E-state index contributed by atoms with van der Waals surface area (Å²) in [5.41, 5.74) is 7.21. The van der Waals surface area contributed by atoms with Crippen molar-refractivity contribution >= 4 is 5.97 Å². The summed E-state index contributed by atoms with van der Waals surface area (Å²) in [5, 5.41) is 8.84. The first-order chi connectivity index (χ1) is 8.60. The Hall–Kier alpha value is -1.39. The van der Waals surface area contributed by atoms with Crippen molar-refractivity contribution in [2.75, 3.05) is 13.1 Å². The van der Waals surface area contributed by atoms with Crippen LogP contribution in [0.1, 0.15) is 29.3 Å². The molecule has 4 heteroatoms. The van der Waals surface area contributed by atoms with Crippen molar-refractivity contribution in [3.05, 3.63) is 35.4 Å². The van der Waals surface area contributed by atoms with Crippen LogP contribution >= 0.6 is 0 Å². The summed E-state index contributed by atoms with van der Waals surface area (Å²) < 4.78 is 0. The van der Waals surface area contributed by atoms with E-state index >= 15 is 0 Å². The Morgan fingerprint density at radius 2 is 2.11 bits per heavy atom. The Morgan fingerprint density at radius 1 is 1.44 bits per heavy atom. The van der Waals surface area contributed by atoms with E-state index in [2.05, 4.69) is 11.8 Å². The number of hydrogen-bond acceptors (Lipinski definition) is 3. The first kappa shape index (κ1) is 13.1. The van der Waals surface area contributed by atoms with Gasteiger partial charge >= 0.3 is 5.97 Å². The van der Waals surface area contributed by atoms with Crippen molar-refractivity contribution in [2.45, 2.75) is 25.9 Å². The first-order valence-corrected chi connectivity index (χ1v) is 6.36. The predicted octanol–water partition coefficient (Wildman–Crippen LogP) is 1.55. The highest BCUT2D eigenvalue weighted by molar-refractivity contribution is 5.87. The molecule has 2 unspecified atom stereocenters. The first-order valence-electron chi connectivity index (χ1n) is 6.36. The minimum atomic E-state index is -0.876. The SMILES string of the molecule is CC1CC(CN)CN1Cc1ccc(C(=O)O)cc1. The van der Waals surface area contributed by atoms with Crippen LogP contribution in [0.4, 0.5) is 0 Å². The number of hydrogen-bond donors (Lipinski definition) is 2. The second kappa shape index (κ2) is 5.50. The van der Waals surface area contributed by atoms with Gasteiger partial charge in [0, 0.05) is 19.1 Å². The van der Waals surface area contributed by atoms with Crippen molar-refractivity contribution in [2.24, 2.45) is 11.7 Å². The zero-order valence-electron chi connectivity index (χ0n) is 10.7. The van der Waals surface area contributed by atoms with E-state index in [0.717, 1.165) is 31.6 Å². The van der Waals surface area contributed by atoms with Gasteiger partial charge in [-0.1, -0.05) is 12.1 Å². The van der Waals surface area contributed by atoms with Crippen LogP contribution in [0.2, 0.25) is 0 Å². The smallest absolute Gasteiger partial charge is 0.335 e. The molecule has 0 bridgehead atoms. The van der Waals surface area contributed by atoms with Crippen molar-refractivity contribution < 1.29 is 9.90 Å². The number of aromatic carboxylic acids is 1. The van der Waals surface area contributed by atoms with E-state index < -0.39 is 5.97 Å². The molecule has 4 nitrogen and oxygen atoms in total. The molecule has 1 aromatic carbocycles. The Kier molecular flexibility index (Phi) is 3.99. The van der Waals surface area contributed by atoms with Gasteiger partial charge in [-0.15, -0.1) is 0 Å². The highest BCUT2D eigenvalue weighted by Crippen LogP contribution is 2.24. The third kappa shape index (κ3) is 2.89. The van der Waals surface area contributed by atoms with Crippen LogP contribution in [-0.4, -0.2) is 35.1 Å². The number of carbonyl (C=O) groups is 1. The molecule has 0 spiro atoms. The molecule has 1 fully saturated rings. The Bertz CT molecular complexity index is 416. The van der Waals surface area contributed by atoms with Crippen molar-refractivity contribution in [3.63, 3.8) is 0 Å². The topological polar surface area (TPSA) is 66.6 Å². The quantitative estimate of drug-likeness (QED) is 0.848. The van der Waals surface area contributed by atoms with Gasteiger partial charge in [-0.3, -0.25) is 4.90 Å². The molecule has 0 radical (unpaired) electrons. The lowest BCUT2D eigenvalue weighted by atomic mass is 10.1. The van der Waals surface area contributed by atoms with E-state index in [0.29, 0.717) is 17.5 Å². The maximum absolute atomic E-state index is 10.8. The lowest BCUT2D eigenvalue weighted by Crippen LogP contribution is -2.27. The van der Waals surface area contributed by atoms with E-state index in [1.165, 1.54) is 0 Å². The second-order valence-electron chi connectivity index (χ2n) is 5.12. The van der Waals surface area contributed by atoms with Crippen molar-refractivity contribution in [1.82, 2.24) is 4.90 Å². The standard InChI is InChI=1S/C14H20N2O2/c1-10-6-12(7-15)9-16(10)8-11-2-4-13(5-3-11)14(17)18/h2-5,10,12H,6-9,15H2,1H3,(H,17,18). The molecule has 0 amide bonds. The molecular formula is C14H20N2O2.